The van der Waals surface area contributed by atoms with Crippen LogP contribution in [0, 0.1) is 0 Å². The largest absolute Gasteiger partial charge is 0.243 e. The van der Waals surface area contributed by atoms with E-state index >= 15 is 0 Å². The maximum absolute atomic E-state index is 12.4. The van der Waals surface area contributed by atoms with Gasteiger partial charge in [0.1, 0.15) is 0 Å². The predicted molar refractivity (Wildman–Crippen MR) is 77.0 cm³/mol. The summed E-state index contributed by atoms with van der Waals surface area (Å²) in [6, 6.07) is 6.65. The second-order valence-electron chi connectivity index (χ2n) is 3.85. The zero-order valence-electron chi connectivity index (χ0n) is 9.73. The fraction of sp³-hybridized carbons (Fsp3) is 0.455. The molecule has 1 aromatic carbocycles. The molecule has 6 heteroatoms. The van der Waals surface area contributed by atoms with Crippen LogP contribution in [0.2, 0.25) is 0 Å². The molecule has 0 aliphatic heterocycles. The smallest absolute Gasteiger partial charge is 0.207 e. The third-order valence-electron chi connectivity index (χ3n) is 2.30. The Balaban J connectivity index is 3.12. The SMILES string of the molecule is CC(C)N(CCBr)S(=O)(=O)c1ccc(Br)cc1. The molecule has 0 spiro atoms. The van der Waals surface area contributed by atoms with Crippen LogP contribution in [0.1, 0.15) is 13.8 Å². The Morgan fingerprint density at radius 1 is 1.24 bits per heavy atom. The van der Waals surface area contributed by atoms with Crippen LogP contribution in [0.25, 0.3) is 0 Å². The Bertz CT molecular complexity index is 457. The van der Waals surface area contributed by atoms with Crippen molar-refractivity contribution in [3.05, 3.63) is 28.7 Å². The minimum Gasteiger partial charge on any atom is -0.207 e. The van der Waals surface area contributed by atoms with E-state index in [0.717, 1.165) is 4.47 Å². The summed E-state index contributed by atoms with van der Waals surface area (Å²) in [5, 5.41) is 0.626. The Morgan fingerprint density at radius 3 is 2.18 bits per heavy atom. The van der Waals surface area contributed by atoms with E-state index in [1.54, 1.807) is 24.3 Å². The minimum atomic E-state index is -3.40. The minimum absolute atomic E-state index is 0.0544. The molecule has 1 rings (SSSR count). The lowest BCUT2D eigenvalue weighted by atomic mass is 10.4. The van der Waals surface area contributed by atoms with Crippen molar-refractivity contribution in [1.29, 1.82) is 0 Å². The highest BCUT2D eigenvalue weighted by Gasteiger charge is 2.25. The van der Waals surface area contributed by atoms with E-state index in [2.05, 4.69) is 31.9 Å². The molecule has 0 atom stereocenters. The number of benzene rings is 1. The molecule has 0 radical (unpaired) electrons. The van der Waals surface area contributed by atoms with Crippen molar-refractivity contribution in [1.82, 2.24) is 4.31 Å². The van der Waals surface area contributed by atoms with Crippen molar-refractivity contribution in [3.8, 4) is 0 Å². The number of hydrogen-bond acceptors (Lipinski definition) is 2. The van der Waals surface area contributed by atoms with Crippen molar-refractivity contribution in [2.75, 3.05) is 11.9 Å². The quantitative estimate of drug-likeness (QED) is 0.730. The van der Waals surface area contributed by atoms with Gasteiger partial charge in [-0.1, -0.05) is 31.9 Å². The fourth-order valence-corrected chi connectivity index (χ4v) is 4.00. The molecule has 0 aliphatic rings. The molecule has 17 heavy (non-hydrogen) atoms. The Kier molecular flexibility index (Phi) is 5.63. The second-order valence-corrected chi connectivity index (χ2v) is 7.45. The zero-order valence-corrected chi connectivity index (χ0v) is 13.7. The van der Waals surface area contributed by atoms with Gasteiger partial charge in [-0.2, -0.15) is 4.31 Å². The summed E-state index contributed by atoms with van der Waals surface area (Å²) in [4.78, 5) is 0.329. The molecule has 0 aromatic heterocycles. The average molecular weight is 385 g/mol. The fourth-order valence-electron chi connectivity index (χ4n) is 1.48. The van der Waals surface area contributed by atoms with Gasteiger partial charge in [0.05, 0.1) is 4.90 Å². The molecule has 96 valence electrons. The highest BCUT2D eigenvalue weighted by Crippen LogP contribution is 2.20. The van der Waals surface area contributed by atoms with Gasteiger partial charge in [-0.25, -0.2) is 8.42 Å². The monoisotopic (exact) mass is 383 g/mol. The number of halogens is 2. The molecule has 0 fully saturated rings. The van der Waals surface area contributed by atoms with Gasteiger partial charge in [0.25, 0.3) is 0 Å². The van der Waals surface area contributed by atoms with E-state index in [4.69, 9.17) is 0 Å². The van der Waals surface area contributed by atoms with Gasteiger partial charge >= 0.3 is 0 Å². The van der Waals surface area contributed by atoms with Crippen molar-refractivity contribution in [2.45, 2.75) is 24.8 Å². The number of rotatable bonds is 5. The maximum Gasteiger partial charge on any atom is 0.243 e. The van der Waals surface area contributed by atoms with Crippen LogP contribution in [0.15, 0.2) is 33.6 Å². The zero-order chi connectivity index (χ0) is 13.1. The van der Waals surface area contributed by atoms with E-state index in [-0.39, 0.29) is 6.04 Å². The van der Waals surface area contributed by atoms with E-state index in [1.807, 2.05) is 13.8 Å². The third-order valence-corrected chi connectivity index (χ3v) is 5.27. The first-order chi connectivity index (χ1) is 7.89. The summed E-state index contributed by atoms with van der Waals surface area (Å²) >= 11 is 6.57. The van der Waals surface area contributed by atoms with Crippen molar-refractivity contribution < 1.29 is 8.42 Å². The van der Waals surface area contributed by atoms with E-state index in [9.17, 15) is 8.42 Å². The molecule has 0 heterocycles. The lowest BCUT2D eigenvalue weighted by molar-refractivity contribution is 0.372. The van der Waals surface area contributed by atoms with Gasteiger partial charge in [-0.15, -0.1) is 0 Å². The van der Waals surface area contributed by atoms with Gasteiger partial charge in [-0.3, -0.25) is 0 Å². The highest BCUT2D eigenvalue weighted by molar-refractivity contribution is 9.10. The molecule has 0 unspecified atom stereocenters. The molecular formula is C11H15Br2NO2S. The molecule has 1 aromatic rings. The van der Waals surface area contributed by atoms with E-state index in [1.165, 1.54) is 4.31 Å². The molecule has 0 amide bonds. The summed E-state index contributed by atoms with van der Waals surface area (Å²) in [7, 11) is -3.40. The number of nitrogens with zero attached hydrogens (tertiary/aromatic N) is 1. The molecule has 0 aliphatic carbocycles. The summed E-state index contributed by atoms with van der Waals surface area (Å²) < 4.78 is 27.1. The van der Waals surface area contributed by atoms with Gasteiger partial charge in [0.15, 0.2) is 0 Å². The lowest BCUT2D eigenvalue weighted by Gasteiger charge is -2.25. The average Bonchev–Trinajstić information content (AvgIpc) is 2.25. The number of alkyl halides is 1. The maximum atomic E-state index is 12.4. The van der Waals surface area contributed by atoms with Crippen molar-refractivity contribution in [2.24, 2.45) is 0 Å². The molecule has 0 bridgehead atoms. The first-order valence-corrected chi connectivity index (χ1v) is 8.58. The number of sulfonamides is 1. The highest BCUT2D eigenvalue weighted by atomic mass is 79.9. The number of hydrogen-bond donors (Lipinski definition) is 0. The topological polar surface area (TPSA) is 37.4 Å². The second kappa shape index (κ2) is 6.31. The van der Waals surface area contributed by atoms with Crippen LogP contribution in [0.4, 0.5) is 0 Å². The first-order valence-electron chi connectivity index (χ1n) is 5.23. The Morgan fingerprint density at radius 2 is 1.76 bits per heavy atom. The summed E-state index contributed by atoms with van der Waals surface area (Å²) in [5.41, 5.74) is 0. The van der Waals surface area contributed by atoms with Gasteiger partial charge in [0, 0.05) is 22.4 Å². The van der Waals surface area contributed by atoms with E-state index in [0.29, 0.717) is 16.8 Å². The van der Waals surface area contributed by atoms with Crippen LogP contribution in [-0.2, 0) is 10.0 Å². The van der Waals surface area contributed by atoms with Gasteiger partial charge in [0.2, 0.25) is 10.0 Å². The predicted octanol–water partition coefficient (Wildman–Crippen LogP) is 3.24. The summed E-state index contributed by atoms with van der Waals surface area (Å²) in [5.74, 6) is 0. The Labute approximate surface area is 120 Å². The molecule has 3 nitrogen and oxygen atoms in total. The summed E-state index contributed by atoms with van der Waals surface area (Å²) in [6.45, 7) is 4.22. The lowest BCUT2D eigenvalue weighted by Crippen LogP contribution is -2.38. The van der Waals surface area contributed by atoms with Crippen LogP contribution in [0.5, 0.6) is 0 Å². The molecule has 0 saturated carbocycles. The first kappa shape index (κ1) is 15.1. The van der Waals surface area contributed by atoms with Crippen LogP contribution in [0.3, 0.4) is 0 Å². The van der Waals surface area contributed by atoms with Crippen LogP contribution < -0.4 is 0 Å². The standard InChI is InChI=1S/C11H15Br2NO2S/c1-9(2)14(8-7-12)17(15,16)11-5-3-10(13)4-6-11/h3-6,9H,7-8H2,1-2H3. The third kappa shape index (κ3) is 3.77. The Hall–Kier alpha value is 0.0900. The molecular weight excluding hydrogens is 370 g/mol. The van der Waals surface area contributed by atoms with Gasteiger partial charge < -0.3 is 0 Å². The van der Waals surface area contributed by atoms with Gasteiger partial charge in [-0.05, 0) is 38.1 Å². The van der Waals surface area contributed by atoms with Crippen LogP contribution in [-0.4, -0.2) is 30.6 Å². The normalized spacial score (nSPS) is 12.4. The van der Waals surface area contributed by atoms with E-state index < -0.39 is 10.0 Å². The van der Waals surface area contributed by atoms with Crippen molar-refractivity contribution in [3.63, 3.8) is 0 Å². The van der Waals surface area contributed by atoms with Crippen molar-refractivity contribution >= 4 is 41.9 Å². The van der Waals surface area contributed by atoms with Crippen LogP contribution >= 0.6 is 31.9 Å². The molecule has 0 saturated heterocycles. The summed E-state index contributed by atoms with van der Waals surface area (Å²) in [6.07, 6.45) is 0. The molecule has 0 N–H and O–H groups in total.